The van der Waals surface area contributed by atoms with Gasteiger partial charge in [-0.1, -0.05) is 17.3 Å². The molecule has 0 aliphatic carbocycles. The van der Waals surface area contributed by atoms with E-state index in [0.29, 0.717) is 24.1 Å². The van der Waals surface area contributed by atoms with E-state index in [1.54, 1.807) is 11.8 Å². The summed E-state index contributed by atoms with van der Waals surface area (Å²) >= 11 is 1.58. The molecule has 6 nitrogen and oxygen atoms in total. The highest BCUT2D eigenvalue weighted by atomic mass is 32.2. The topological polar surface area (TPSA) is 77.3 Å². The summed E-state index contributed by atoms with van der Waals surface area (Å²) < 4.78 is 11.0. The van der Waals surface area contributed by atoms with E-state index in [1.165, 1.54) is 6.92 Å². The largest absolute Gasteiger partial charge is 0.493 e. The fourth-order valence-corrected chi connectivity index (χ4v) is 3.07. The summed E-state index contributed by atoms with van der Waals surface area (Å²) in [6.45, 7) is 4.00. The van der Waals surface area contributed by atoms with Crippen molar-refractivity contribution in [1.29, 1.82) is 0 Å². The predicted molar refractivity (Wildman–Crippen MR) is 101 cm³/mol. The average molecular weight is 369 g/mol. The number of ether oxygens (including phenoxy) is 1. The molecular formula is C19H19N3O3S. The zero-order valence-corrected chi connectivity index (χ0v) is 15.4. The molecule has 3 aromatic rings. The number of nitrogens with zero attached hydrogens (tertiary/aromatic N) is 2. The van der Waals surface area contributed by atoms with Crippen molar-refractivity contribution in [3.05, 3.63) is 54.4 Å². The van der Waals surface area contributed by atoms with Crippen LogP contribution >= 0.6 is 11.8 Å². The summed E-state index contributed by atoms with van der Waals surface area (Å²) in [6.07, 6.45) is 0. The Kier molecular flexibility index (Phi) is 5.91. The number of thioether (sulfide) groups is 1. The fourth-order valence-electron chi connectivity index (χ4n) is 2.34. The summed E-state index contributed by atoms with van der Waals surface area (Å²) in [6, 6.07) is 15.2. The third-order valence-electron chi connectivity index (χ3n) is 3.43. The van der Waals surface area contributed by atoms with Gasteiger partial charge in [0.2, 0.25) is 17.6 Å². The highest BCUT2D eigenvalue weighted by molar-refractivity contribution is 7.98. The molecule has 134 valence electrons. The standard InChI is InChI=1S/C19H19N3O3S/c1-3-24-17-7-5-4-6-16(17)19-21-18(25-22-19)12-26-15-10-8-14(9-11-15)20-13(2)23/h4-11H,3,12H2,1-2H3,(H,20,23). The minimum absolute atomic E-state index is 0.0869. The predicted octanol–water partition coefficient (Wildman–Crippen LogP) is 4.39. The van der Waals surface area contributed by atoms with E-state index in [9.17, 15) is 4.79 Å². The van der Waals surface area contributed by atoms with Gasteiger partial charge in [-0.15, -0.1) is 11.8 Å². The number of aromatic nitrogens is 2. The smallest absolute Gasteiger partial charge is 0.237 e. The van der Waals surface area contributed by atoms with E-state index in [0.717, 1.165) is 21.9 Å². The summed E-state index contributed by atoms with van der Waals surface area (Å²) in [5.74, 6) is 2.27. The number of hydrogen-bond donors (Lipinski definition) is 1. The lowest BCUT2D eigenvalue weighted by Gasteiger charge is -2.06. The maximum absolute atomic E-state index is 11.0. The molecule has 0 saturated heterocycles. The lowest BCUT2D eigenvalue weighted by molar-refractivity contribution is -0.114. The minimum atomic E-state index is -0.0869. The van der Waals surface area contributed by atoms with Crippen LogP contribution in [0.1, 0.15) is 19.7 Å². The molecule has 0 fully saturated rings. The van der Waals surface area contributed by atoms with Crippen LogP contribution in [0.4, 0.5) is 5.69 Å². The first-order chi connectivity index (χ1) is 12.7. The number of hydrogen-bond acceptors (Lipinski definition) is 6. The van der Waals surface area contributed by atoms with Gasteiger partial charge >= 0.3 is 0 Å². The summed E-state index contributed by atoms with van der Waals surface area (Å²) in [4.78, 5) is 16.5. The molecular weight excluding hydrogens is 350 g/mol. The SMILES string of the molecule is CCOc1ccccc1-c1noc(CSc2ccc(NC(C)=O)cc2)n1. The van der Waals surface area contributed by atoms with Crippen molar-refractivity contribution in [1.82, 2.24) is 10.1 Å². The number of nitrogens with one attached hydrogen (secondary N) is 1. The third kappa shape index (κ3) is 4.64. The molecule has 0 radical (unpaired) electrons. The number of rotatable bonds is 7. The highest BCUT2D eigenvalue weighted by Crippen LogP contribution is 2.29. The first-order valence-electron chi connectivity index (χ1n) is 8.21. The quantitative estimate of drug-likeness (QED) is 0.623. The molecule has 26 heavy (non-hydrogen) atoms. The van der Waals surface area contributed by atoms with Gasteiger partial charge in [-0.3, -0.25) is 4.79 Å². The van der Waals surface area contributed by atoms with Gasteiger partial charge in [-0.25, -0.2) is 0 Å². The Hall–Kier alpha value is -2.80. The summed E-state index contributed by atoms with van der Waals surface area (Å²) in [7, 11) is 0. The van der Waals surface area contributed by atoms with Crippen molar-refractivity contribution in [2.24, 2.45) is 0 Å². The Morgan fingerprint density at radius 2 is 1.96 bits per heavy atom. The van der Waals surface area contributed by atoms with Crippen LogP contribution in [0, 0.1) is 0 Å². The van der Waals surface area contributed by atoms with Crippen molar-refractivity contribution >= 4 is 23.4 Å². The van der Waals surface area contributed by atoms with Gasteiger partial charge in [-0.05, 0) is 43.3 Å². The van der Waals surface area contributed by atoms with Crippen molar-refractivity contribution in [2.75, 3.05) is 11.9 Å². The van der Waals surface area contributed by atoms with E-state index in [2.05, 4.69) is 15.5 Å². The van der Waals surface area contributed by atoms with Gasteiger partial charge in [0, 0.05) is 17.5 Å². The maximum atomic E-state index is 11.0. The van der Waals surface area contributed by atoms with Crippen LogP contribution in [0.15, 0.2) is 57.9 Å². The monoisotopic (exact) mass is 369 g/mol. The lowest BCUT2D eigenvalue weighted by atomic mass is 10.2. The maximum Gasteiger partial charge on any atom is 0.237 e. The van der Waals surface area contributed by atoms with Crippen LogP contribution in [-0.2, 0) is 10.5 Å². The van der Waals surface area contributed by atoms with E-state index < -0.39 is 0 Å². The number of amides is 1. The molecule has 3 rings (SSSR count). The Bertz CT molecular complexity index is 878. The van der Waals surface area contributed by atoms with E-state index in [4.69, 9.17) is 9.26 Å². The Morgan fingerprint density at radius 1 is 1.19 bits per heavy atom. The van der Waals surface area contributed by atoms with E-state index in [-0.39, 0.29) is 5.91 Å². The number of carbonyl (C=O) groups is 1. The molecule has 0 saturated carbocycles. The van der Waals surface area contributed by atoms with Crippen molar-refractivity contribution in [2.45, 2.75) is 24.5 Å². The van der Waals surface area contributed by atoms with E-state index in [1.807, 2.05) is 55.5 Å². The molecule has 1 amide bonds. The molecule has 7 heteroatoms. The number of benzene rings is 2. The molecule has 1 heterocycles. The molecule has 0 atom stereocenters. The van der Waals surface area contributed by atoms with Gasteiger partial charge < -0.3 is 14.6 Å². The summed E-state index contributed by atoms with van der Waals surface area (Å²) in [5.41, 5.74) is 1.59. The van der Waals surface area contributed by atoms with Crippen molar-refractivity contribution in [3.63, 3.8) is 0 Å². The number of para-hydroxylation sites is 1. The average Bonchev–Trinajstić information content (AvgIpc) is 3.10. The van der Waals surface area contributed by atoms with Gasteiger partial charge in [0.1, 0.15) is 5.75 Å². The normalized spacial score (nSPS) is 10.5. The number of anilines is 1. The zero-order valence-electron chi connectivity index (χ0n) is 14.6. The number of carbonyl (C=O) groups excluding carboxylic acids is 1. The van der Waals surface area contributed by atoms with Crippen LogP contribution in [0.5, 0.6) is 5.75 Å². The molecule has 0 aliphatic rings. The minimum Gasteiger partial charge on any atom is -0.493 e. The van der Waals surface area contributed by atoms with Crippen molar-refractivity contribution < 1.29 is 14.1 Å². The Labute approximate surface area is 156 Å². The second-order valence-electron chi connectivity index (χ2n) is 5.44. The molecule has 2 aromatic carbocycles. The summed E-state index contributed by atoms with van der Waals surface area (Å²) in [5, 5.41) is 6.80. The Morgan fingerprint density at radius 3 is 2.69 bits per heavy atom. The van der Waals surface area contributed by atoms with Crippen LogP contribution in [0.3, 0.4) is 0 Å². The van der Waals surface area contributed by atoms with Gasteiger partial charge in [0.15, 0.2) is 0 Å². The van der Waals surface area contributed by atoms with Crippen LogP contribution in [-0.4, -0.2) is 22.7 Å². The first-order valence-corrected chi connectivity index (χ1v) is 9.19. The van der Waals surface area contributed by atoms with E-state index >= 15 is 0 Å². The zero-order chi connectivity index (χ0) is 18.4. The van der Waals surface area contributed by atoms with Crippen LogP contribution in [0.25, 0.3) is 11.4 Å². The molecule has 1 N–H and O–H groups in total. The van der Waals surface area contributed by atoms with Crippen molar-refractivity contribution in [3.8, 4) is 17.1 Å². The highest BCUT2D eigenvalue weighted by Gasteiger charge is 2.13. The molecule has 0 aliphatic heterocycles. The third-order valence-corrected chi connectivity index (χ3v) is 4.43. The molecule has 0 unspecified atom stereocenters. The second kappa shape index (κ2) is 8.53. The molecule has 0 spiro atoms. The second-order valence-corrected chi connectivity index (χ2v) is 6.48. The molecule has 0 bridgehead atoms. The first kappa shape index (κ1) is 18.0. The van der Waals surface area contributed by atoms with Gasteiger partial charge in [0.05, 0.1) is 17.9 Å². The van der Waals surface area contributed by atoms with Gasteiger partial charge in [0.25, 0.3) is 0 Å². The molecule has 1 aromatic heterocycles. The van der Waals surface area contributed by atoms with Crippen LogP contribution in [0.2, 0.25) is 0 Å². The lowest BCUT2D eigenvalue weighted by Crippen LogP contribution is -2.05. The fraction of sp³-hybridized carbons (Fsp3) is 0.211. The van der Waals surface area contributed by atoms with Crippen LogP contribution < -0.4 is 10.1 Å². The Balaban J connectivity index is 1.65. The van der Waals surface area contributed by atoms with Gasteiger partial charge in [-0.2, -0.15) is 4.98 Å².